The Bertz CT molecular complexity index is 601. The molecule has 2 aliphatic rings. The Morgan fingerprint density at radius 3 is 2.19 bits per heavy atom. The highest BCUT2D eigenvalue weighted by Gasteiger charge is 2.48. The molecule has 4 heteroatoms. The van der Waals surface area contributed by atoms with Gasteiger partial charge in [-0.1, -0.05) is 37.3 Å². The maximum Gasteiger partial charge on any atom is 0.222 e. The second-order valence-electron chi connectivity index (χ2n) is 8.52. The van der Waals surface area contributed by atoms with E-state index in [1.807, 2.05) is 6.92 Å². The molecule has 2 fully saturated rings. The molecular formula is C22H35N3O. The monoisotopic (exact) mass is 357 g/mol. The lowest BCUT2D eigenvalue weighted by Gasteiger charge is -2.53. The third kappa shape index (κ3) is 3.54. The van der Waals surface area contributed by atoms with E-state index < -0.39 is 0 Å². The summed E-state index contributed by atoms with van der Waals surface area (Å²) in [6, 6.07) is 10.8. The zero-order valence-corrected chi connectivity index (χ0v) is 16.7. The van der Waals surface area contributed by atoms with E-state index in [0.29, 0.717) is 18.9 Å². The van der Waals surface area contributed by atoms with Gasteiger partial charge in [-0.05, 0) is 64.1 Å². The molecule has 1 aromatic carbocycles. The first-order valence-electron chi connectivity index (χ1n) is 10.2. The van der Waals surface area contributed by atoms with Gasteiger partial charge in [0.2, 0.25) is 5.91 Å². The molecule has 2 aliphatic carbocycles. The minimum absolute atomic E-state index is 0.0421. The Morgan fingerprint density at radius 1 is 1.12 bits per heavy atom. The zero-order chi connectivity index (χ0) is 18.8. The molecule has 0 unspecified atom stereocenters. The van der Waals surface area contributed by atoms with Crippen molar-refractivity contribution in [1.29, 1.82) is 0 Å². The topological polar surface area (TPSA) is 49.6 Å². The average molecular weight is 358 g/mol. The molecule has 0 aliphatic heterocycles. The fourth-order valence-corrected chi connectivity index (χ4v) is 4.77. The smallest absolute Gasteiger partial charge is 0.222 e. The number of hydrogen-bond donors (Lipinski definition) is 1. The maximum atomic E-state index is 12.8. The van der Waals surface area contributed by atoms with Gasteiger partial charge in [0.1, 0.15) is 0 Å². The molecule has 0 atom stereocenters. The van der Waals surface area contributed by atoms with Gasteiger partial charge in [0.25, 0.3) is 0 Å². The van der Waals surface area contributed by atoms with E-state index in [1.165, 1.54) is 18.4 Å². The summed E-state index contributed by atoms with van der Waals surface area (Å²) in [5.41, 5.74) is 7.58. The van der Waals surface area contributed by atoms with Gasteiger partial charge in [-0.2, -0.15) is 0 Å². The number of carbonyl (C=O) groups is 1. The normalized spacial score (nSPS) is 29.0. The summed E-state index contributed by atoms with van der Waals surface area (Å²) in [6.07, 6.45) is 7.15. The van der Waals surface area contributed by atoms with Gasteiger partial charge >= 0.3 is 0 Å². The van der Waals surface area contributed by atoms with E-state index in [4.69, 9.17) is 5.73 Å². The minimum atomic E-state index is -0.163. The average Bonchev–Trinajstić information content (AvgIpc) is 3.50. The zero-order valence-electron chi connectivity index (χ0n) is 16.7. The molecule has 0 spiro atoms. The predicted molar refractivity (Wildman–Crippen MR) is 107 cm³/mol. The number of benzene rings is 1. The molecular weight excluding hydrogens is 322 g/mol. The van der Waals surface area contributed by atoms with Crippen LogP contribution in [0.15, 0.2) is 30.3 Å². The largest absolute Gasteiger partial charge is 0.335 e. The van der Waals surface area contributed by atoms with E-state index in [0.717, 1.165) is 32.2 Å². The Kier molecular flexibility index (Phi) is 5.73. The van der Waals surface area contributed by atoms with Crippen LogP contribution in [0, 0.1) is 5.92 Å². The number of nitrogens with zero attached hydrogens (tertiary/aromatic N) is 2. The van der Waals surface area contributed by atoms with E-state index in [-0.39, 0.29) is 17.0 Å². The van der Waals surface area contributed by atoms with Gasteiger partial charge in [0.05, 0.1) is 5.54 Å². The second kappa shape index (κ2) is 7.69. The van der Waals surface area contributed by atoms with Gasteiger partial charge < -0.3 is 10.6 Å². The van der Waals surface area contributed by atoms with Crippen LogP contribution in [0.2, 0.25) is 0 Å². The highest BCUT2D eigenvalue weighted by atomic mass is 16.2. The van der Waals surface area contributed by atoms with Crippen LogP contribution < -0.4 is 5.73 Å². The summed E-state index contributed by atoms with van der Waals surface area (Å²) < 4.78 is 0. The van der Waals surface area contributed by atoms with E-state index in [1.54, 1.807) is 0 Å². The van der Waals surface area contributed by atoms with Crippen LogP contribution in [0.3, 0.4) is 0 Å². The molecule has 4 nitrogen and oxygen atoms in total. The lowest BCUT2D eigenvalue weighted by atomic mass is 9.67. The summed E-state index contributed by atoms with van der Waals surface area (Å²) in [4.78, 5) is 17.3. The van der Waals surface area contributed by atoms with Gasteiger partial charge in [0, 0.05) is 25.0 Å². The van der Waals surface area contributed by atoms with Crippen molar-refractivity contribution in [2.45, 2.75) is 62.9 Å². The first-order chi connectivity index (χ1) is 12.5. The number of hydrogen-bond acceptors (Lipinski definition) is 3. The molecule has 1 amide bonds. The van der Waals surface area contributed by atoms with Crippen molar-refractivity contribution in [1.82, 2.24) is 9.80 Å². The van der Waals surface area contributed by atoms with Crippen LogP contribution >= 0.6 is 0 Å². The quantitative estimate of drug-likeness (QED) is 0.814. The summed E-state index contributed by atoms with van der Waals surface area (Å²) >= 11 is 0. The summed E-state index contributed by atoms with van der Waals surface area (Å²) in [5.74, 6) is 0.975. The molecule has 3 rings (SSSR count). The van der Waals surface area contributed by atoms with E-state index >= 15 is 0 Å². The number of amides is 1. The standard InChI is InChI=1S/C22H35N3O/c1-4-20(26)25(16-18-10-11-18)21(17-23)12-14-22(15-13-21,24(2)3)19-8-6-5-7-9-19/h5-9,18H,4,10-17,23H2,1-3H3. The molecule has 26 heavy (non-hydrogen) atoms. The van der Waals surface area contributed by atoms with Crippen LogP contribution in [-0.4, -0.2) is 48.4 Å². The predicted octanol–water partition coefficient (Wildman–Crippen LogP) is 3.36. The Balaban J connectivity index is 1.85. The molecule has 0 heterocycles. The molecule has 0 radical (unpaired) electrons. The van der Waals surface area contributed by atoms with Crippen LogP contribution in [0.5, 0.6) is 0 Å². The Hall–Kier alpha value is -1.39. The fourth-order valence-electron chi connectivity index (χ4n) is 4.77. The van der Waals surface area contributed by atoms with Crippen LogP contribution in [0.4, 0.5) is 0 Å². The Labute approximate surface area is 158 Å². The summed E-state index contributed by atoms with van der Waals surface area (Å²) in [6.45, 7) is 3.46. The summed E-state index contributed by atoms with van der Waals surface area (Å²) in [7, 11) is 4.36. The molecule has 0 aromatic heterocycles. The molecule has 1 aromatic rings. The molecule has 2 saturated carbocycles. The van der Waals surface area contributed by atoms with Crippen molar-refractivity contribution in [2.75, 3.05) is 27.2 Å². The van der Waals surface area contributed by atoms with Crippen LogP contribution in [0.25, 0.3) is 0 Å². The third-order valence-corrected chi connectivity index (χ3v) is 6.87. The third-order valence-electron chi connectivity index (χ3n) is 6.87. The van der Waals surface area contributed by atoms with Crippen LogP contribution in [0.1, 0.15) is 57.4 Å². The van der Waals surface area contributed by atoms with Crippen LogP contribution in [-0.2, 0) is 10.3 Å². The maximum absolute atomic E-state index is 12.8. The van der Waals surface area contributed by atoms with Crippen molar-refractivity contribution in [2.24, 2.45) is 11.7 Å². The van der Waals surface area contributed by atoms with E-state index in [9.17, 15) is 4.79 Å². The van der Waals surface area contributed by atoms with Crippen molar-refractivity contribution in [3.05, 3.63) is 35.9 Å². The van der Waals surface area contributed by atoms with Gasteiger partial charge in [-0.25, -0.2) is 0 Å². The highest BCUT2D eigenvalue weighted by Crippen LogP contribution is 2.47. The first kappa shape index (κ1) is 19.4. The van der Waals surface area contributed by atoms with Crippen molar-refractivity contribution in [3.8, 4) is 0 Å². The lowest BCUT2D eigenvalue weighted by molar-refractivity contribution is -0.140. The summed E-state index contributed by atoms with van der Waals surface area (Å²) in [5, 5.41) is 0. The second-order valence-corrected chi connectivity index (χ2v) is 8.52. The number of rotatable bonds is 7. The molecule has 2 N–H and O–H groups in total. The van der Waals surface area contributed by atoms with Crippen molar-refractivity contribution in [3.63, 3.8) is 0 Å². The van der Waals surface area contributed by atoms with Crippen molar-refractivity contribution < 1.29 is 4.79 Å². The van der Waals surface area contributed by atoms with Gasteiger partial charge in [0.15, 0.2) is 0 Å². The van der Waals surface area contributed by atoms with Crippen molar-refractivity contribution >= 4 is 5.91 Å². The number of nitrogens with two attached hydrogens (primary N) is 1. The lowest BCUT2D eigenvalue weighted by Crippen LogP contribution is -2.61. The fraction of sp³-hybridized carbons (Fsp3) is 0.682. The minimum Gasteiger partial charge on any atom is -0.335 e. The SMILES string of the molecule is CCC(=O)N(CC1CC1)C1(CN)CCC(c2ccccc2)(N(C)C)CC1. The van der Waals surface area contributed by atoms with Gasteiger partial charge in [-0.15, -0.1) is 0 Å². The molecule has 0 saturated heterocycles. The van der Waals surface area contributed by atoms with Gasteiger partial charge in [-0.3, -0.25) is 9.69 Å². The van der Waals surface area contributed by atoms with E-state index in [2.05, 4.69) is 54.2 Å². The number of carbonyl (C=O) groups excluding carboxylic acids is 1. The molecule has 0 bridgehead atoms. The molecule has 144 valence electrons. The first-order valence-corrected chi connectivity index (χ1v) is 10.2. The Morgan fingerprint density at radius 2 is 1.73 bits per heavy atom. The highest BCUT2D eigenvalue weighted by molar-refractivity contribution is 5.77.